The fourth-order valence-corrected chi connectivity index (χ4v) is 14.1. The van der Waals surface area contributed by atoms with Crippen molar-refractivity contribution in [1.29, 1.82) is 0 Å². The molecule has 0 atom stereocenters. The van der Waals surface area contributed by atoms with E-state index in [0.29, 0.717) is 26.4 Å². The van der Waals surface area contributed by atoms with Gasteiger partial charge in [0, 0.05) is 72.5 Å². The van der Waals surface area contributed by atoms with Crippen molar-refractivity contribution in [3.8, 4) is 11.4 Å². The van der Waals surface area contributed by atoms with Gasteiger partial charge in [0.15, 0.2) is 0 Å². The minimum Gasteiger partial charge on any atom is -0.372 e. The maximum absolute atomic E-state index is 6.17. The van der Waals surface area contributed by atoms with Crippen molar-refractivity contribution < 1.29 is 9.47 Å². The Kier molecular flexibility index (Phi) is 16.1. The van der Waals surface area contributed by atoms with Gasteiger partial charge in [0.2, 0.25) is 0 Å². The molecule has 2 aromatic heterocycles. The van der Waals surface area contributed by atoms with Crippen LogP contribution in [0.3, 0.4) is 0 Å². The normalized spacial score (nSPS) is 13.0. The molecule has 0 aliphatic heterocycles. The van der Waals surface area contributed by atoms with Crippen molar-refractivity contribution in [3.05, 3.63) is 349 Å². The van der Waals surface area contributed by atoms with Crippen LogP contribution >= 0.6 is 0 Å². The summed E-state index contributed by atoms with van der Waals surface area (Å²) in [6.45, 7) is 9.92. The molecule has 92 heavy (non-hydrogen) atoms. The number of benzene rings is 12. The first kappa shape index (κ1) is 57.7. The average Bonchev–Trinajstić information content (AvgIpc) is 1.63. The molecule has 15 rings (SSSR count). The fraction of sp³-hybridized carbons (Fsp3) is 0.116. The largest absolute Gasteiger partial charge is 0.372 e. The zero-order valence-electron chi connectivity index (χ0n) is 51.8. The lowest BCUT2D eigenvalue weighted by atomic mass is 9.65. The summed E-state index contributed by atoms with van der Waals surface area (Å²) in [6, 6.07) is 106. The number of nitrogens with zero attached hydrogens (tertiary/aromatic N) is 4. The van der Waals surface area contributed by atoms with Gasteiger partial charge in [-0.3, -0.25) is 0 Å². The molecule has 6 nitrogen and oxygen atoms in total. The van der Waals surface area contributed by atoms with E-state index in [9.17, 15) is 0 Å². The molecule has 1 saturated carbocycles. The van der Waals surface area contributed by atoms with Crippen molar-refractivity contribution in [2.24, 2.45) is 0 Å². The van der Waals surface area contributed by atoms with Crippen molar-refractivity contribution >= 4 is 89.9 Å². The van der Waals surface area contributed by atoms with Gasteiger partial charge in [-0.15, -0.1) is 0 Å². The highest BCUT2D eigenvalue weighted by Gasteiger charge is 2.36. The monoisotopic (exact) mass is 1190 g/mol. The van der Waals surface area contributed by atoms with Gasteiger partial charge in [-0.05, 0) is 179 Å². The van der Waals surface area contributed by atoms with Crippen LogP contribution in [0.4, 0.5) is 34.1 Å². The molecular weight excluding hydrogens is 1120 g/mol. The van der Waals surface area contributed by atoms with Crippen molar-refractivity contribution in [2.45, 2.75) is 63.9 Å². The Labute approximate surface area is 539 Å². The Balaban J connectivity index is 0.708. The van der Waals surface area contributed by atoms with Gasteiger partial charge in [-0.2, -0.15) is 0 Å². The number of aromatic nitrogens is 2. The molecule has 0 spiro atoms. The third kappa shape index (κ3) is 11.3. The summed E-state index contributed by atoms with van der Waals surface area (Å²) in [5.74, 6) is 0. The van der Waals surface area contributed by atoms with E-state index in [2.05, 4.69) is 323 Å². The van der Waals surface area contributed by atoms with Gasteiger partial charge in [-0.25, -0.2) is 0 Å². The van der Waals surface area contributed by atoms with E-state index < -0.39 is 0 Å². The van der Waals surface area contributed by atoms with Crippen LogP contribution < -0.4 is 9.80 Å². The first-order valence-electron chi connectivity index (χ1n) is 32.2. The van der Waals surface area contributed by atoms with E-state index in [1.807, 2.05) is 12.2 Å². The van der Waals surface area contributed by atoms with Crippen LogP contribution in [-0.2, 0) is 41.3 Å². The SMILES string of the molecule is C=Cc1ccc(COCc2ccc(N(c3ccccc3)c3ccc4c(c3)c3ccccc3n4-c3ccc(C4(c5ccc(-n6c7ccccc7c7cc(N(c8ccccc8)c8ccc(COCc9ccc(C=C)cc9)cc8)ccc76)cc5)CCCCC4)cc3)cc2)cc1. The van der Waals surface area contributed by atoms with Crippen LogP contribution in [-0.4, -0.2) is 9.13 Å². The van der Waals surface area contributed by atoms with Crippen LogP contribution in [0.5, 0.6) is 0 Å². The van der Waals surface area contributed by atoms with E-state index in [0.717, 1.165) is 91.7 Å². The Morgan fingerprint density at radius 1 is 0.315 bits per heavy atom. The number of rotatable bonds is 20. The van der Waals surface area contributed by atoms with Crippen LogP contribution in [0.1, 0.15) is 76.6 Å². The number of ether oxygens (including phenoxy) is 2. The van der Waals surface area contributed by atoms with Gasteiger partial charge < -0.3 is 28.4 Å². The minimum atomic E-state index is -0.101. The average molecular weight is 1190 g/mol. The van der Waals surface area contributed by atoms with Crippen LogP contribution in [0.15, 0.2) is 304 Å². The van der Waals surface area contributed by atoms with Gasteiger partial charge >= 0.3 is 0 Å². The third-order valence-electron chi connectivity index (χ3n) is 18.8. The molecule has 0 unspecified atom stereocenters. The van der Waals surface area contributed by atoms with Crippen LogP contribution in [0, 0.1) is 0 Å². The summed E-state index contributed by atoms with van der Waals surface area (Å²) in [7, 11) is 0. The molecule has 1 fully saturated rings. The maximum atomic E-state index is 6.17. The molecule has 14 aromatic rings. The second-order valence-electron chi connectivity index (χ2n) is 24.4. The quantitative estimate of drug-likeness (QED) is 0.0762. The highest BCUT2D eigenvalue weighted by molar-refractivity contribution is 6.12. The van der Waals surface area contributed by atoms with E-state index in [1.54, 1.807) is 0 Å². The summed E-state index contributed by atoms with van der Waals surface area (Å²) in [4.78, 5) is 4.71. The molecule has 0 amide bonds. The fourth-order valence-electron chi connectivity index (χ4n) is 14.1. The summed E-state index contributed by atoms with van der Waals surface area (Å²) in [5, 5.41) is 4.87. The zero-order chi connectivity index (χ0) is 61.8. The summed E-state index contributed by atoms with van der Waals surface area (Å²) < 4.78 is 17.2. The Morgan fingerprint density at radius 3 is 1.02 bits per heavy atom. The smallest absolute Gasteiger partial charge is 0.0721 e. The standard InChI is InChI=1S/C86H72N4O2/c1-3-62-26-30-64(31-27-62)58-91-60-66-34-42-72(43-35-66)87(70-18-8-5-9-19-70)76-50-52-84-80(56-76)78-22-12-14-24-82(78)89(84)74-46-38-68(39-47-74)86(54-16-7-17-55-86)69-40-48-75(49-41-69)90-83-25-15-13-23-79(83)81-57-77(51-53-85(81)90)88(71-20-10-6-11-21-71)73-44-36-67(37-45-73)61-92-59-65-32-28-63(4-2)29-33-65/h3-6,8-15,18-53,56-57H,1-2,7,16-17,54-55,58-61H2. The lowest BCUT2D eigenvalue weighted by Crippen LogP contribution is -2.30. The molecule has 448 valence electrons. The third-order valence-corrected chi connectivity index (χ3v) is 18.8. The molecule has 0 N–H and O–H groups in total. The van der Waals surface area contributed by atoms with E-state index in [-0.39, 0.29) is 5.41 Å². The molecule has 0 bridgehead atoms. The second-order valence-corrected chi connectivity index (χ2v) is 24.4. The number of para-hydroxylation sites is 4. The molecule has 1 aliphatic rings. The van der Waals surface area contributed by atoms with Crippen LogP contribution in [0.2, 0.25) is 0 Å². The van der Waals surface area contributed by atoms with Crippen molar-refractivity contribution in [1.82, 2.24) is 9.13 Å². The van der Waals surface area contributed by atoms with Gasteiger partial charge in [0.1, 0.15) is 0 Å². The van der Waals surface area contributed by atoms with Gasteiger partial charge in [0.25, 0.3) is 0 Å². The number of hydrogen-bond donors (Lipinski definition) is 0. The van der Waals surface area contributed by atoms with Crippen molar-refractivity contribution in [2.75, 3.05) is 9.80 Å². The van der Waals surface area contributed by atoms with E-state index >= 15 is 0 Å². The molecule has 0 radical (unpaired) electrons. The molecule has 2 heterocycles. The maximum Gasteiger partial charge on any atom is 0.0721 e. The lowest BCUT2D eigenvalue weighted by Gasteiger charge is -2.39. The molecule has 6 heteroatoms. The predicted octanol–water partition coefficient (Wildman–Crippen LogP) is 22.8. The summed E-state index contributed by atoms with van der Waals surface area (Å²) in [6.07, 6.45) is 9.61. The van der Waals surface area contributed by atoms with E-state index in [1.165, 1.54) is 74.0 Å². The van der Waals surface area contributed by atoms with E-state index in [4.69, 9.17) is 9.47 Å². The molecule has 1 aliphatic carbocycles. The predicted molar refractivity (Wildman–Crippen MR) is 385 cm³/mol. The summed E-state index contributed by atoms with van der Waals surface area (Å²) in [5.41, 5.74) is 23.0. The summed E-state index contributed by atoms with van der Waals surface area (Å²) >= 11 is 0. The second kappa shape index (κ2) is 25.6. The highest BCUT2D eigenvalue weighted by Crippen LogP contribution is 2.47. The number of anilines is 6. The Morgan fingerprint density at radius 2 is 0.641 bits per heavy atom. The Bertz CT molecular complexity index is 4580. The highest BCUT2D eigenvalue weighted by atomic mass is 16.5. The van der Waals surface area contributed by atoms with Gasteiger partial charge in [0.05, 0.1) is 48.5 Å². The zero-order valence-corrected chi connectivity index (χ0v) is 51.8. The number of fused-ring (bicyclic) bond motifs is 6. The lowest BCUT2D eigenvalue weighted by molar-refractivity contribution is 0.107. The minimum absolute atomic E-state index is 0.101. The van der Waals surface area contributed by atoms with Gasteiger partial charge in [-0.1, -0.05) is 214 Å². The topological polar surface area (TPSA) is 34.8 Å². The molecule has 0 saturated heterocycles. The molecule has 12 aromatic carbocycles. The van der Waals surface area contributed by atoms with Crippen molar-refractivity contribution in [3.63, 3.8) is 0 Å². The first-order chi connectivity index (χ1) is 45.5. The Hall–Kier alpha value is -10.8. The molecular formula is C86H72N4O2. The number of hydrogen-bond acceptors (Lipinski definition) is 4. The van der Waals surface area contributed by atoms with Crippen LogP contribution in [0.25, 0.3) is 67.1 Å². The first-order valence-corrected chi connectivity index (χ1v) is 32.2.